The summed E-state index contributed by atoms with van der Waals surface area (Å²) < 4.78 is 10.6. The van der Waals surface area contributed by atoms with E-state index in [9.17, 15) is 0 Å². The molecule has 0 amide bonds. The summed E-state index contributed by atoms with van der Waals surface area (Å²) in [4.78, 5) is 7.97. The van der Waals surface area contributed by atoms with Gasteiger partial charge in [0.2, 0.25) is 6.79 Å². The van der Waals surface area contributed by atoms with Crippen LogP contribution in [0.15, 0.2) is 36.9 Å². The van der Waals surface area contributed by atoms with Crippen LogP contribution in [0, 0.1) is 0 Å². The molecule has 0 fully saturated rings. The van der Waals surface area contributed by atoms with E-state index in [0.29, 0.717) is 6.79 Å². The van der Waals surface area contributed by atoms with Crippen molar-refractivity contribution < 1.29 is 9.47 Å². The number of fused-ring (bicyclic) bond motifs is 1. The molecule has 0 saturated carbocycles. The molecule has 0 N–H and O–H groups in total. The molecule has 2 aromatic rings. The quantitative estimate of drug-likeness (QED) is 0.764. The maximum absolute atomic E-state index is 5.32. The molecule has 0 bridgehead atoms. The molecule has 80 valence electrons. The molecule has 1 aromatic heterocycles. The van der Waals surface area contributed by atoms with E-state index in [-0.39, 0.29) is 0 Å². The van der Waals surface area contributed by atoms with Gasteiger partial charge in [0.15, 0.2) is 11.5 Å². The molecule has 0 unspecified atom stereocenters. The highest BCUT2D eigenvalue weighted by Gasteiger charge is 2.13. The molecule has 1 aliphatic rings. The van der Waals surface area contributed by atoms with E-state index < -0.39 is 0 Å². The summed E-state index contributed by atoms with van der Waals surface area (Å²) >= 11 is 0. The molecule has 0 saturated heterocycles. The molecule has 0 aliphatic carbocycles. The number of hydrogen-bond donors (Lipinski definition) is 0. The summed E-state index contributed by atoms with van der Waals surface area (Å²) in [6, 6.07) is 5.96. The first-order valence-corrected chi connectivity index (χ1v) is 5.04. The standard InChI is InChI=1S/C12H10N2O2/c1-2-11-12(16-8-15-11)4-9(1)3-10-5-13-7-14-6-10/h1-2,4-7H,3,8H2. The van der Waals surface area contributed by atoms with Crippen molar-refractivity contribution in [1.82, 2.24) is 9.97 Å². The Bertz CT molecular complexity index is 500. The van der Waals surface area contributed by atoms with Gasteiger partial charge >= 0.3 is 0 Å². The number of benzene rings is 1. The monoisotopic (exact) mass is 214 g/mol. The van der Waals surface area contributed by atoms with Crippen molar-refractivity contribution in [2.75, 3.05) is 6.79 Å². The normalized spacial score (nSPS) is 12.8. The first-order valence-electron chi connectivity index (χ1n) is 5.04. The molecule has 0 radical (unpaired) electrons. The van der Waals surface area contributed by atoms with Crippen molar-refractivity contribution in [3.05, 3.63) is 48.0 Å². The smallest absolute Gasteiger partial charge is 0.231 e. The van der Waals surface area contributed by atoms with E-state index in [1.165, 1.54) is 11.9 Å². The molecule has 4 heteroatoms. The second-order valence-electron chi connectivity index (χ2n) is 3.61. The summed E-state index contributed by atoms with van der Waals surface area (Å²) in [7, 11) is 0. The number of ether oxygens (including phenoxy) is 2. The van der Waals surface area contributed by atoms with E-state index in [1.807, 2.05) is 30.6 Å². The van der Waals surface area contributed by atoms with Crippen LogP contribution in [0.4, 0.5) is 0 Å². The van der Waals surface area contributed by atoms with Gasteiger partial charge in [-0.25, -0.2) is 9.97 Å². The maximum atomic E-state index is 5.32. The third-order valence-corrected chi connectivity index (χ3v) is 2.46. The highest BCUT2D eigenvalue weighted by molar-refractivity contribution is 5.45. The molecule has 1 aromatic carbocycles. The highest BCUT2D eigenvalue weighted by atomic mass is 16.7. The van der Waals surface area contributed by atoms with Gasteiger partial charge in [-0.2, -0.15) is 0 Å². The minimum Gasteiger partial charge on any atom is -0.454 e. The zero-order chi connectivity index (χ0) is 10.8. The van der Waals surface area contributed by atoms with Gasteiger partial charge in [-0.1, -0.05) is 6.07 Å². The van der Waals surface area contributed by atoms with Crippen LogP contribution in [0.25, 0.3) is 0 Å². The second kappa shape index (κ2) is 3.81. The van der Waals surface area contributed by atoms with Crippen LogP contribution in [0.5, 0.6) is 11.5 Å². The Kier molecular flexibility index (Phi) is 2.18. The summed E-state index contributed by atoms with van der Waals surface area (Å²) in [6.45, 7) is 0.313. The van der Waals surface area contributed by atoms with E-state index in [0.717, 1.165) is 23.5 Å². The Morgan fingerprint density at radius 1 is 1.00 bits per heavy atom. The lowest BCUT2D eigenvalue weighted by atomic mass is 10.1. The first-order chi connectivity index (χ1) is 7.92. The molecule has 16 heavy (non-hydrogen) atoms. The molecule has 4 nitrogen and oxygen atoms in total. The third kappa shape index (κ3) is 1.69. The summed E-state index contributed by atoms with van der Waals surface area (Å²) in [6.07, 6.45) is 5.97. The topological polar surface area (TPSA) is 44.2 Å². The molecule has 3 rings (SSSR count). The highest BCUT2D eigenvalue weighted by Crippen LogP contribution is 2.32. The summed E-state index contributed by atoms with van der Waals surface area (Å²) in [5, 5.41) is 0. The average Bonchev–Trinajstić information content (AvgIpc) is 2.77. The van der Waals surface area contributed by atoms with Crippen LogP contribution in [0.1, 0.15) is 11.1 Å². The number of aromatic nitrogens is 2. The van der Waals surface area contributed by atoms with Crippen molar-refractivity contribution >= 4 is 0 Å². The van der Waals surface area contributed by atoms with E-state index >= 15 is 0 Å². The molecule has 0 spiro atoms. The lowest BCUT2D eigenvalue weighted by Crippen LogP contribution is -1.93. The second-order valence-corrected chi connectivity index (χ2v) is 3.61. The average molecular weight is 214 g/mol. The molecule has 1 aliphatic heterocycles. The van der Waals surface area contributed by atoms with E-state index in [2.05, 4.69) is 9.97 Å². The fourth-order valence-electron chi connectivity index (χ4n) is 1.71. The SMILES string of the molecule is c1ncc(Cc2ccc3c(c2)OCO3)cn1. The predicted octanol–water partition coefficient (Wildman–Crippen LogP) is 1.80. The fraction of sp³-hybridized carbons (Fsp3) is 0.167. The number of nitrogens with zero attached hydrogens (tertiary/aromatic N) is 2. The van der Waals surface area contributed by atoms with Crippen molar-refractivity contribution in [3.8, 4) is 11.5 Å². The molecular formula is C12H10N2O2. The fourth-order valence-corrected chi connectivity index (χ4v) is 1.71. The van der Waals surface area contributed by atoms with Gasteiger partial charge < -0.3 is 9.47 Å². The largest absolute Gasteiger partial charge is 0.454 e. The molecular weight excluding hydrogens is 204 g/mol. The van der Waals surface area contributed by atoms with Gasteiger partial charge in [0.25, 0.3) is 0 Å². The summed E-state index contributed by atoms with van der Waals surface area (Å²) in [5.41, 5.74) is 2.25. The van der Waals surface area contributed by atoms with E-state index in [4.69, 9.17) is 9.47 Å². The zero-order valence-corrected chi connectivity index (χ0v) is 8.59. The van der Waals surface area contributed by atoms with Gasteiger partial charge in [0, 0.05) is 18.8 Å². The maximum Gasteiger partial charge on any atom is 0.231 e. The number of rotatable bonds is 2. The number of hydrogen-bond acceptors (Lipinski definition) is 4. The van der Waals surface area contributed by atoms with Gasteiger partial charge in [0.1, 0.15) is 6.33 Å². The minimum atomic E-state index is 0.313. The Morgan fingerprint density at radius 3 is 2.69 bits per heavy atom. The van der Waals surface area contributed by atoms with Gasteiger partial charge in [0.05, 0.1) is 0 Å². The summed E-state index contributed by atoms with van der Waals surface area (Å²) in [5.74, 6) is 1.63. The first kappa shape index (κ1) is 9.15. The Balaban J connectivity index is 1.86. The predicted molar refractivity (Wildman–Crippen MR) is 57.4 cm³/mol. The van der Waals surface area contributed by atoms with Crippen LogP contribution in [0.3, 0.4) is 0 Å². The van der Waals surface area contributed by atoms with Gasteiger partial charge in [-0.05, 0) is 23.3 Å². The van der Waals surface area contributed by atoms with Crippen molar-refractivity contribution in [1.29, 1.82) is 0 Å². The van der Waals surface area contributed by atoms with E-state index in [1.54, 1.807) is 0 Å². The Hall–Kier alpha value is -2.10. The lowest BCUT2D eigenvalue weighted by molar-refractivity contribution is 0.174. The van der Waals surface area contributed by atoms with Crippen molar-refractivity contribution in [2.24, 2.45) is 0 Å². The van der Waals surface area contributed by atoms with Crippen LogP contribution in [-0.4, -0.2) is 16.8 Å². The van der Waals surface area contributed by atoms with Crippen molar-refractivity contribution in [2.45, 2.75) is 6.42 Å². The van der Waals surface area contributed by atoms with Gasteiger partial charge in [-0.15, -0.1) is 0 Å². The van der Waals surface area contributed by atoms with Crippen LogP contribution in [-0.2, 0) is 6.42 Å². The Morgan fingerprint density at radius 2 is 1.81 bits per heavy atom. The lowest BCUT2D eigenvalue weighted by Gasteiger charge is -2.02. The zero-order valence-electron chi connectivity index (χ0n) is 8.59. The van der Waals surface area contributed by atoms with Crippen LogP contribution in [0.2, 0.25) is 0 Å². The van der Waals surface area contributed by atoms with Crippen LogP contribution < -0.4 is 9.47 Å². The Labute approximate surface area is 92.9 Å². The minimum absolute atomic E-state index is 0.313. The molecule has 0 atom stereocenters. The van der Waals surface area contributed by atoms with Crippen molar-refractivity contribution in [3.63, 3.8) is 0 Å². The van der Waals surface area contributed by atoms with Crippen LogP contribution >= 0.6 is 0 Å². The molecule has 2 heterocycles. The third-order valence-electron chi connectivity index (χ3n) is 2.46. The van der Waals surface area contributed by atoms with Gasteiger partial charge in [-0.3, -0.25) is 0 Å².